The fourth-order valence-electron chi connectivity index (χ4n) is 1.66. The Balaban J connectivity index is 2.10. The van der Waals surface area contributed by atoms with Gasteiger partial charge in [-0.2, -0.15) is 0 Å². The standard InChI is InChI=1S/C15H16ClNO/c1-11-2-5-14(10-15(11)16)18-13-6-3-12(4-7-13)8-9-17/h2-7,10H,8-9,17H2,1H3. The van der Waals surface area contributed by atoms with Crippen LogP contribution < -0.4 is 10.5 Å². The molecule has 0 saturated carbocycles. The third kappa shape index (κ3) is 3.25. The molecule has 0 spiro atoms. The summed E-state index contributed by atoms with van der Waals surface area (Å²) in [6.45, 7) is 2.63. The summed E-state index contributed by atoms with van der Waals surface area (Å²) in [5, 5.41) is 0.715. The summed E-state index contributed by atoms with van der Waals surface area (Å²) >= 11 is 6.05. The van der Waals surface area contributed by atoms with Crippen LogP contribution in [0.2, 0.25) is 5.02 Å². The average Bonchev–Trinajstić information content (AvgIpc) is 2.37. The maximum atomic E-state index is 6.05. The number of halogens is 1. The Hall–Kier alpha value is -1.51. The number of aryl methyl sites for hydroxylation is 1. The zero-order valence-electron chi connectivity index (χ0n) is 10.3. The van der Waals surface area contributed by atoms with Crippen molar-refractivity contribution in [3.05, 3.63) is 58.6 Å². The van der Waals surface area contributed by atoms with Crippen LogP contribution in [0.4, 0.5) is 0 Å². The summed E-state index contributed by atoms with van der Waals surface area (Å²) in [5.41, 5.74) is 7.77. The predicted molar refractivity (Wildman–Crippen MR) is 75.5 cm³/mol. The highest BCUT2D eigenvalue weighted by Gasteiger charge is 2.01. The molecule has 0 fully saturated rings. The smallest absolute Gasteiger partial charge is 0.128 e. The van der Waals surface area contributed by atoms with E-state index >= 15 is 0 Å². The Labute approximate surface area is 112 Å². The van der Waals surface area contributed by atoms with E-state index in [0.29, 0.717) is 11.6 Å². The van der Waals surface area contributed by atoms with Crippen LogP contribution >= 0.6 is 11.6 Å². The first kappa shape index (κ1) is 12.9. The van der Waals surface area contributed by atoms with Crippen LogP contribution in [0.3, 0.4) is 0 Å². The van der Waals surface area contributed by atoms with E-state index < -0.39 is 0 Å². The van der Waals surface area contributed by atoms with Gasteiger partial charge < -0.3 is 10.5 Å². The molecule has 2 aromatic rings. The molecule has 0 aliphatic heterocycles. The second-order valence-electron chi connectivity index (χ2n) is 4.20. The Kier molecular flexibility index (Phi) is 4.24. The van der Waals surface area contributed by atoms with Gasteiger partial charge in [0.25, 0.3) is 0 Å². The topological polar surface area (TPSA) is 35.2 Å². The molecule has 0 saturated heterocycles. The highest BCUT2D eigenvalue weighted by molar-refractivity contribution is 6.31. The van der Waals surface area contributed by atoms with E-state index in [1.807, 2.05) is 49.4 Å². The van der Waals surface area contributed by atoms with Gasteiger partial charge in [-0.05, 0) is 55.3 Å². The first-order valence-electron chi connectivity index (χ1n) is 5.92. The third-order valence-electron chi connectivity index (χ3n) is 2.74. The van der Waals surface area contributed by atoms with Crippen molar-refractivity contribution in [3.8, 4) is 11.5 Å². The van der Waals surface area contributed by atoms with Crippen molar-refractivity contribution in [2.75, 3.05) is 6.54 Å². The van der Waals surface area contributed by atoms with E-state index in [9.17, 15) is 0 Å². The van der Waals surface area contributed by atoms with Crippen molar-refractivity contribution in [1.82, 2.24) is 0 Å². The predicted octanol–water partition coefficient (Wildman–Crippen LogP) is 3.94. The molecule has 0 aliphatic rings. The van der Waals surface area contributed by atoms with Crippen molar-refractivity contribution in [1.29, 1.82) is 0 Å². The maximum Gasteiger partial charge on any atom is 0.128 e. The van der Waals surface area contributed by atoms with Gasteiger partial charge >= 0.3 is 0 Å². The van der Waals surface area contributed by atoms with Gasteiger partial charge in [0.2, 0.25) is 0 Å². The van der Waals surface area contributed by atoms with Gasteiger partial charge in [0.05, 0.1) is 0 Å². The summed E-state index contributed by atoms with van der Waals surface area (Å²) in [6.07, 6.45) is 0.886. The molecule has 0 radical (unpaired) electrons. The molecule has 0 amide bonds. The van der Waals surface area contributed by atoms with Gasteiger partial charge in [-0.3, -0.25) is 0 Å². The lowest BCUT2D eigenvalue weighted by Crippen LogP contribution is -2.02. The molecule has 2 N–H and O–H groups in total. The zero-order valence-corrected chi connectivity index (χ0v) is 11.1. The van der Waals surface area contributed by atoms with Gasteiger partial charge in [-0.1, -0.05) is 29.8 Å². The molecule has 2 rings (SSSR count). The summed E-state index contributed by atoms with van der Waals surface area (Å²) < 4.78 is 5.73. The first-order chi connectivity index (χ1) is 8.69. The van der Waals surface area contributed by atoms with E-state index in [4.69, 9.17) is 22.1 Å². The second kappa shape index (κ2) is 5.89. The van der Waals surface area contributed by atoms with E-state index in [2.05, 4.69) is 0 Å². The molecule has 3 heteroatoms. The SMILES string of the molecule is Cc1ccc(Oc2ccc(CCN)cc2)cc1Cl. The Morgan fingerprint density at radius 1 is 1.06 bits per heavy atom. The molecule has 0 atom stereocenters. The largest absolute Gasteiger partial charge is 0.457 e. The monoisotopic (exact) mass is 261 g/mol. The van der Waals surface area contributed by atoms with Crippen molar-refractivity contribution in [2.24, 2.45) is 5.73 Å². The van der Waals surface area contributed by atoms with Crippen LogP contribution in [0.25, 0.3) is 0 Å². The molecule has 94 valence electrons. The first-order valence-corrected chi connectivity index (χ1v) is 6.30. The van der Waals surface area contributed by atoms with Gasteiger partial charge in [-0.15, -0.1) is 0 Å². The lowest BCUT2D eigenvalue weighted by Gasteiger charge is -2.08. The molecule has 2 nitrogen and oxygen atoms in total. The fourth-order valence-corrected chi connectivity index (χ4v) is 1.83. The molecular weight excluding hydrogens is 246 g/mol. The molecule has 0 bridgehead atoms. The average molecular weight is 262 g/mol. The lowest BCUT2D eigenvalue weighted by molar-refractivity contribution is 0.482. The Morgan fingerprint density at radius 2 is 1.72 bits per heavy atom. The number of hydrogen-bond donors (Lipinski definition) is 1. The van der Waals surface area contributed by atoms with Crippen LogP contribution in [-0.4, -0.2) is 6.54 Å². The number of nitrogens with two attached hydrogens (primary N) is 1. The molecule has 18 heavy (non-hydrogen) atoms. The Morgan fingerprint density at radius 3 is 2.33 bits per heavy atom. The van der Waals surface area contributed by atoms with Crippen LogP contribution in [0, 0.1) is 6.92 Å². The minimum absolute atomic E-state index is 0.660. The highest BCUT2D eigenvalue weighted by atomic mass is 35.5. The molecule has 0 aromatic heterocycles. The zero-order chi connectivity index (χ0) is 13.0. The molecular formula is C15H16ClNO. The van der Waals surface area contributed by atoms with E-state index in [-0.39, 0.29) is 0 Å². The second-order valence-corrected chi connectivity index (χ2v) is 4.60. The van der Waals surface area contributed by atoms with Crippen LogP contribution in [0.1, 0.15) is 11.1 Å². The highest BCUT2D eigenvalue weighted by Crippen LogP contribution is 2.26. The summed E-state index contributed by atoms with van der Waals surface area (Å²) in [7, 11) is 0. The van der Waals surface area contributed by atoms with E-state index in [1.165, 1.54) is 5.56 Å². The van der Waals surface area contributed by atoms with Crippen molar-refractivity contribution in [2.45, 2.75) is 13.3 Å². The van der Waals surface area contributed by atoms with E-state index in [0.717, 1.165) is 23.5 Å². The van der Waals surface area contributed by atoms with Crippen molar-refractivity contribution < 1.29 is 4.74 Å². The molecule has 0 unspecified atom stereocenters. The lowest BCUT2D eigenvalue weighted by atomic mass is 10.1. The maximum absolute atomic E-state index is 6.05. The quantitative estimate of drug-likeness (QED) is 0.905. The minimum Gasteiger partial charge on any atom is -0.457 e. The van der Waals surface area contributed by atoms with Crippen molar-refractivity contribution in [3.63, 3.8) is 0 Å². The Bertz CT molecular complexity index is 523. The van der Waals surface area contributed by atoms with Crippen LogP contribution in [-0.2, 0) is 6.42 Å². The van der Waals surface area contributed by atoms with Gasteiger partial charge in [0.15, 0.2) is 0 Å². The van der Waals surface area contributed by atoms with Gasteiger partial charge in [0.1, 0.15) is 11.5 Å². The molecule has 0 aliphatic carbocycles. The third-order valence-corrected chi connectivity index (χ3v) is 3.14. The number of hydrogen-bond acceptors (Lipinski definition) is 2. The molecule has 2 aromatic carbocycles. The van der Waals surface area contributed by atoms with E-state index in [1.54, 1.807) is 0 Å². The minimum atomic E-state index is 0.660. The summed E-state index contributed by atoms with van der Waals surface area (Å²) in [6, 6.07) is 13.6. The van der Waals surface area contributed by atoms with Crippen LogP contribution in [0.5, 0.6) is 11.5 Å². The normalized spacial score (nSPS) is 10.4. The summed E-state index contributed by atoms with van der Waals surface area (Å²) in [5.74, 6) is 1.55. The summed E-state index contributed by atoms with van der Waals surface area (Å²) in [4.78, 5) is 0. The number of benzene rings is 2. The van der Waals surface area contributed by atoms with Crippen molar-refractivity contribution >= 4 is 11.6 Å². The fraction of sp³-hybridized carbons (Fsp3) is 0.200. The van der Waals surface area contributed by atoms with Crippen LogP contribution in [0.15, 0.2) is 42.5 Å². The van der Waals surface area contributed by atoms with Gasteiger partial charge in [-0.25, -0.2) is 0 Å². The van der Waals surface area contributed by atoms with Gasteiger partial charge in [0, 0.05) is 5.02 Å². The number of ether oxygens (including phenoxy) is 1. The number of rotatable bonds is 4. The molecule has 0 heterocycles.